The largest absolute Gasteiger partial charge is 0.385 e. The lowest BCUT2D eigenvalue weighted by Gasteiger charge is -2.17. The van der Waals surface area contributed by atoms with Gasteiger partial charge in [0.1, 0.15) is 5.82 Å². The first kappa shape index (κ1) is 13.4. The van der Waals surface area contributed by atoms with E-state index in [-0.39, 0.29) is 11.9 Å². The van der Waals surface area contributed by atoms with E-state index in [2.05, 4.69) is 5.32 Å². The van der Waals surface area contributed by atoms with Crippen LogP contribution in [0.15, 0.2) is 18.2 Å². The minimum Gasteiger partial charge on any atom is -0.385 e. The highest BCUT2D eigenvalue weighted by Crippen LogP contribution is 2.26. The molecule has 1 aromatic carbocycles. The number of hydrogen-bond acceptors (Lipinski definition) is 2. The van der Waals surface area contributed by atoms with Crippen LogP contribution >= 0.6 is 11.6 Å². The zero-order valence-corrected chi connectivity index (χ0v) is 10.4. The van der Waals surface area contributed by atoms with Gasteiger partial charge in [-0.15, -0.1) is 0 Å². The molecule has 4 heteroatoms. The summed E-state index contributed by atoms with van der Waals surface area (Å²) in [6.07, 6.45) is 1.85. The summed E-state index contributed by atoms with van der Waals surface area (Å²) in [5.41, 5.74) is 0.932. The third-order valence-corrected chi connectivity index (χ3v) is 2.85. The first-order valence-electron chi connectivity index (χ1n) is 5.30. The first-order valence-corrected chi connectivity index (χ1v) is 5.68. The number of methoxy groups -OCH3 is 1. The Morgan fingerprint density at radius 1 is 1.50 bits per heavy atom. The minimum absolute atomic E-state index is 0.142. The van der Waals surface area contributed by atoms with Gasteiger partial charge in [0, 0.05) is 24.8 Å². The van der Waals surface area contributed by atoms with Crippen molar-refractivity contribution in [3.8, 4) is 0 Å². The topological polar surface area (TPSA) is 21.3 Å². The molecule has 0 aliphatic heterocycles. The van der Waals surface area contributed by atoms with E-state index < -0.39 is 0 Å². The van der Waals surface area contributed by atoms with Crippen LogP contribution in [0.4, 0.5) is 4.39 Å². The van der Waals surface area contributed by atoms with Crippen LogP contribution in [0, 0.1) is 5.82 Å². The molecular weight excluding hydrogens is 229 g/mol. The fraction of sp³-hybridized carbons (Fsp3) is 0.500. The van der Waals surface area contributed by atoms with Gasteiger partial charge in [-0.1, -0.05) is 17.7 Å². The summed E-state index contributed by atoms with van der Waals surface area (Å²) in [5.74, 6) is -0.305. The molecule has 0 radical (unpaired) electrons. The summed E-state index contributed by atoms with van der Waals surface area (Å²) in [6, 6.07) is 4.65. The van der Waals surface area contributed by atoms with Gasteiger partial charge in [0.25, 0.3) is 0 Å². The zero-order valence-electron chi connectivity index (χ0n) is 9.59. The van der Waals surface area contributed by atoms with E-state index in [0.29, 0.717) is 5.02 Å². The van der Waals surface area contributed by atoms with Gasteiger partial charge < -0.3 is 10.1 Å². The van der Waals surface area contributed by atoms with Gasteiger partial charge in [0.2, 0.25) is 0 Å². The van der Waals surface area contributed by atoms with Crippen molar-refractivity contribution in [2.45, 2.75) is 18.9 Å². The molecule has 0 aliphatic carbocycles. The SMILES string of the molecule is CNC(CCCOC)c1ccc(F)cc1Cl. The van der Waals surface area contributed by atoms with E-state index >= 15 is 0 Å². The molecule has 0 aromatic heterocycles. The molecule has 0 spiro atoms. The molecule has 0 amide bonds. The quantitative estimate of drug-likeness (QED) is 0.778. The fourth-order valence-electron chi connectivity index (χ4n) is 1.67. The molecule has 0 aliphatic rings. The van der Waals surface area contributed by atoms with E-state index in [9.17, 15) is 4.39 Å². The number of rotatable bonds is 6. The van der Waals surface area contributed by atoms with E-state index in [4.69, 9.17) is 16.3 Å². The monoisotopic (exact) mass is 245 g/mol. The molecule has 90 valence electrons. The molecule has 0 bridgehead atoms. The summed E-state index contributed by atoms with van der Waals surface area (Å²) in [6.45, 7) is 0.719. The smallest absolute Gasteiger partial charge is 0.124 e. The van der Waals surface area contributed by atoms with E-state index in [0.717, 1.165) is 25.0 Å². The van der Waals surface area contributed by atoms with E-state index in [1.807, 2.05) is 7.05 Å². The first-order chi connectivity index (χ1) is 7.69. The Hall–Kier alpha value is -0.640. The Morgan fingerprint density at radius 3 is 2.81 bits per heavy atom. The van der Waals surface area contributed by atoms with Gasteiger partial charge in [-0.25, -0.2) is 4.39 Å². The van der Waals surface area contributed by atoms with Gasteiger partial charge in [-0.3, -0.25) is 0 Å². The molecule has 0 heterocycles. The molecule has 1 rings (SSSR count). The highest BCUT2D eigenvalue weighted by Gasteiger charge is 2.12. The summed E-state index contributed by atoms with van der Waals surface area (Å²) in [5, 5.41) is 3.64. The van der Waals surface area contributed by atoms with Crippen LogP contribution < -0.4 is 5.32 Å². The van der Waals surface area contributed by atoms with Crippen LogP contribution in [-0.2, 0) is 4.74 Å². The standard InChI is InChI=1S/C12H17ClFNO/c1-15-12(4-3-7-16-2)10-6-5-9(14)8-11(10)13/h5-6,8,12,15H,3-4,7H2,1-2H3. The zero-order chi connectivity index (χ0) is 12.0. The van der Waals surface area contributed by atoms with Gasteiger partial charge in [0.15, 0.2) is 0 Å². The number of halogens is 2. The third-order valence-electron chi connectivity index (χ3n) is 2.53. The molecule has 0 saturated heterocycles. The number of ether oxygens (including phenoxy) is 1. The average molecular weight is 246 g/mol. The number of hydrogen-bond donors (Lipinski definition) is 1. The van der Waals surface area contributed by atoms with Crippen molar-refractivity contribution in [2.24, 2.45) is 0 Å². The third kappa shape index (κ3) is 3.74. The lowest BCUT2D eigenvalue weighted by molar-refractivity contribution is 0.189. The molecule has 2 nitrogen and oxygen atoms in total. The van der Waals surface area contributed by atoms with Gasteiger partial charge >= 0.3 is 0 Å². The highest BCUT2D eigenvalue weighted by atomic mass is 35.5. The Kier molecular flexibility index (Phi) is 5.74. The van der Waals surface area contributed by atoms with Gasteiger partial charge in [-0.2, -0.15) is 0 Å². The molecule has 1 N–H and O–H groups in total. The Labute approximate surface area is 101 Å². The van der Waals surface area contributed by atoms with Crippen molar-refractivity contribution in [1.29, 1.82) is 0 Å². The van der Waals surface area contributed by atoms with Crippen LogP contribution in [0.25, 0.3) is 0 Å². The average Bonchev–Trinajstić information content (AvgIpc) is 2.26. The van der Waals surface area contributed by atoms with Crippen molar-refractivity contribution >= 4 is 11.6 Å². The molecule has 16 heavy (non-hydrogen) atoms. The van der Waals surface area contributed by atoms with Crippen molar-refractivity contribution in [2.75, 3.05) is 20.8 Å². The molecule has 1 atom stereocenters. The second kappa shape index (κ2) is 6.84. The maximum absolute atomic E-state index is 12.9. The van der Waals surface area contributed by atoms with Crippen LogP contribution in [0.1, 0.15) is 24.4 Å². The lowest BCUT2D eigenvalue weighted by Crippen LogP contribution is -2.17. The van der Waals surface area contributed by atoms with Crippen LogP contribution in [0.2, 0.25) is 5.02 Å². The highest BCUT2D eigenvalue weighted by molar-refractivity contribution is 6.31. The summed E-state index contributed by atoms with van der Waals surface area (Å²) < 4.78 is 17.9. The summed E-state index contributed by atoms with van der Waals surface area (Å²) in [4.78, 5) is 0. The maximum atomic E-state index is 12.9. The summed E-state index contributed by atoms with van der Waals surface area (Å²) >= 11 is 6.00. The minimum atomic E-state index is -0.305. The predicted molar refractivity (Wildman–Crippen MR) is 64.3 cm³/mol. The molecular formula is C12H17ClFNO. The maximum Gasteiger partial charge on any atom is 0.124 e. The van der Waals surface area contributed by atoms with Crippen molar-refractivity contribution < 1.29 is 9.13 Å². The fourth-order valence-corrected chi connectivity index (χ4v) is 1.97. The second-order valence-corrected chi connectivity index (χ2v) is 4.05. The summed E-state index contributed by atoms with van der Waals surface area (Å²) in [7, 11) is 3.55. The lowest BCUT2D eigenvalue weighted by atomic mass is 10.0. The van der Waals surface area contributed by atoms with Crippen molar-refractivity contribution in [1.82, 2.24) is 5.32 Å². The molecule has 1 unspecified atom stereocenters. The van der Waals surface area contributed by atoms with Crippen LogP contribution in [0.3, 0.4) is 0 Å². The number of nitrogens with one attached hydrogen (secondary N) is 1. The van der Waals surface area contributed by atoms with E-state index in [1.165, 1.54) is 12.1 Å². The van der Waals surface area contributed by atoms with Crippen molar-refractivity contribution in [3.63, 3.8) is 0 Å². The van der Waals surface area contributed by atoms with E-state index in [1.54, 1.807) is 13.2 Å². The van der Waals surface area contributed by atoms with Gasteiger partial charge in [0.05, 0.1) is 0 Å². The Balaban J connectivity index is 2.70. The number of benzene rings is 1. The van der Waals surface area contributed by atoms with Crippen LogP contribution in [0.5, 0.6) is 0 Å². The van der Waals surface area contributed by atoms with Crippen LogP contribution in [-0.4, -0.2) is 20.8 Å². The molecule has 0 saturated carbocycles. The second-order valence-electron chi connectivity index (χ2n) is 3.64. The molecule has 1 aromatic rings. The molecule has 0 fully saturated rings. The Bertz CT molecular complexity index is 333. The normalized spacial score (nSPS) is 12.8. The predicted octanol–water partition coefficient (Wildman–Crippen LogP) is 3.17. The van der Waals surface area contributed by atoms with Gasteiger partial charge in [-0.05, 0) is 37.6 Å². The van der Waals surface area contributed by atoms with Crippen molar-refractivity contribution in [3.05, 3.63) is 34.6 Å². The Morgan fingerprint density at radius 2 is 2.25 bits per heavy atom.